The molecule has 0 unspecified atom stereocenters. The number of carbonyl (C=O) groups is 2. The summed E-state index contributed by atoms with van der Waals surface area (Å²) in [6, 6.07) is 10.6. The van der Waals surface area contributed by atoms with Gasteiger partial charge in [0.25, 0.3) is 5.56 Å². The maximum absolute atomic E-state index is 12.7. The molecule has 1 aromatic heterocycles. The van der Waals surface area contributed by atoms with Gasteiger partial charge in [0.05, 0.1) is 5.39 Å². The first-order valence-electron chi connectivity index (χ1n) is 9.61. The maximum Gasteiger partial charge on any atom is 0.359 e. The van der Waals surface area contributed by atoms with Gasteiger partial charge in [0.15, 0.2) is 12.3 Å². The summed E-state index contributed by atoms with van der Waals surface area (Å²) < 4.78 is 6.57. The van der Waals surface area contributed by atoms with Crippen LogP contribution < -0.4 is 5.56 Å². The molecule has 0 fully saturated rings. The first kappa shape index (κ1) is 20.5. The number of hydrogen-bond donors (Lipinski definition) is 0. The van der Waals surface area contributed by atoms with E-state index in [1.165, 1.54) is 4.68 Å². The van der Waals surface area contributed by atoms with Crippen LogP contribution in [0, 0.1) is 20.8 Å². The number of hydrogen-bond acceptors (Lipinski definition) is 5. The molecule has 6 nitrogen and oxygen atoms in total. The zero-order valence-electron chi connectivity index (χ0n) is 17.1. The normalized spacial score (nSPS) is 10.9. The lowest BCUT2D eigenvalue weighted by molar-refractivity contribution is 0.0468. The van der Waals surface area contributed by atoms with Crippen molar-refractivity contribution in [3.8, 4) is 0 Å². The maximum atomic E-state index is 12.7. The first-order valence-corrected chi connectivity index (χ1v) is 9.61. The molecule has 0 aliphatic heterocycles. The van der Waals surface area contributed by atoms with Crippen molar-refractivity contribution in [1.29, 1.82) is 0 Å². The molecule has 2 aromatic carbocycles. The van der Waals surface area contributed by atoms with Crippen molar-refractivity contribution in [2.45, 2.75) is 40.7 Å². The van der Waals surface area contributed by atoms with Crippen LogP contribution in [-0.2, 0) is 11.3 Å². The quantitative estimate of drug-likeness (QED) is 0.471. The molecule has 29 heavy (non-hydrogen) atoms. The van der Waals surface area contributed by atoms with Gasteiger partial charge in [-0.05, 0) is 44.4 Å². The predicted molar refractivity (Wildman–Crippen MR) is 112 cm³/mol. The number of rotatable bonds is 6. The van der Waals surface area contributed by atoms with Gasteiger partial charge in [0, 0.05) is 17.5 Å². The summed E-state index contributed by atoms with van der Waals surface area (Å²) in [6.07, 6.45) is 0.699. The third kappa shape index (κ3) is 4.11. The molecule has 0 atom stereocenters. The van der Waals surface area contributed by atoms with E-state index in [-0.39, 0.29) is 23.6 Å². The summed E-state index contributed by atoms with van der Waals surface area (Å²) in [6.45, 7) is 7.63. The van der Waals surface area contributed by atoms with Crippen LogP contribution in [0.15, 0.2) is 41.2 Å². The van der Waals surface area contributed by atoms with Gasteiger partial charge >= 0.3 is 5.97 Å². The smallest absolute Gasteiger partial charge is 0.359 e. The fraction of sp³-hybridized carbons (Fsp3) is 0.304. The van der Waals surface area contributed by atoms with Crippen molar-refractivity contribution >= 4 is 22.5 Å². The summed E-state index contributed by atoms with van der Waals surface area (Å²) in [5.41, 5.74) is 3.13. The number of aryl methyl sites for hydroxylation is 4. The van der Waals surface area contributed by atoms with Crippen LogP contribution in [0.4, 0.5) is 0 Å². The van der Waals surface area contributed by atoms with Crippen molar-refractivity contribution in [3.63, 3.8) is 0 Å². The Hall–Kier alpha value is -3.28. The van der Waals surface area contributed by atoms with Crippen LogP contribution in [-0.4, -0.2) is 28.1 Å². The second kappa shape index (κ2) is 8.39. The van der Waals surface area contributed by atoms with Crippen molar-refractivity contribution in [1.82, 2.24) is 9.78 Å². The lowest BCUT2D eigenvalue weighted by Crippen LogP contribution is -2.27. The van der Waals surface area contributed by atoms with E-state index in [9.17, 15) is 14.4 Å². The van der Waals surface area contributed by atoms with Gasteiger partial charge in [0.2, 0.25) is 5.78 Å². The number of esters is 1. The minimum atomic E-state index is -0.721. The van der Waals surface area contributed by atoms with E-state index in [0.29, 0.717) is 29.3 Å². The van der Waals surface area contributed by atoms with Gasteiger partial charge in [-0.2, -0.15) is 5.10 Å². The lowest BCUT2D eigenvalue weighted by Gasteiger charge is -2.12. The Morgan fingerprint density at radius 2 is 1.66 bits per heavy atom. The van der Waals surface area contributed by atoms with E-state index in [1.54, 1.807) is 24.3 Å². The second-order valence-corrected chi connectivity index (χ2v) is 7.20. The minimum absolute atomic E-state index is 0.0406. The van der Waals surface area contributed by atoms with Crippen molar-refractivity contribution in [2.75, 3.05) is 6.61 Å². The lowest BCUT2D eigenvalue weighted by atomic mass is 9.97. The Kier molecular flexibility index (Phi) is 5.92. The summed E-state index contributed by atoms with van der Waals surface area (Å²) in [5.74, 6) is -0.985. The number of Topliss-reactive ketones (excluding diaryl/α,β-unsaturated/α-hetero) is 1. The van der Waals surface area contributed by atoms with Gasteiger partial charge in [-0.1, -0.05) is 42.8 Å². The Morgan fingerprint density at radius 3 is 2.28 bits per heavy atom. The molecule has 0 saturated heterocycles. The molecule has 0 saturated carbocycles. The van der Waals surface area contributed by atoms with E-state index in [0.717, 1.165) is 16.7 Å². The molecule has 0 aliphatic carbocycles. The highest BCUT2D eigenvalue weighted by atomic mass is 16.5. The van der Waals surface area contributed by atoms with E-state index < -0.39 is 5.97 Å². The molecule has 150 valence electrons. The van der Waals surface area contributed by atoms with Gasteiger partial charge < -0.3 is 4.74 Å². The summed E-state index contributed by atoms with van der Waals surface area (Å²) >= 11 is 0. The third-order valence-corrected chi connectivity index (χ3v) is 4.79. The fourth-order valence-electron chi connectivity index (χ4n) is 3.64. The summed E-state index contributed by atoms with van der Waals surface area (Å²) in [5, 5.41) is 5.03. The predicted octanol–water partition coefficient (Wildman–Crippen LogP) is 3.77. The van der Waals surface area contributed by atoms with E-state index in [4.69, 9.17) is 4.74 Å². The number of aromatic nitrogens is 2. The third-order valence-electron chi connectivity index (χ3n) is 4.79. The van der Waals surface area contributed by atoms with E-state index in [2.05, 4.69) is 5.10 Å². The average molecular weight is 392 g/mol. The zero-order valence-corrected chi connectivity index (χ0v) is 17.1. The standard InChI is InChI=1S/C23H24N2O4/c1-5-10-25-22(27)18-9-7-6-8-17(18)21(24-25)23(28)29-13-19(26)20-15(3)11-14(2)12-16(20)4/h6-9,11-12H,5,10,13H2,1-4H3. The highest BCUT2D eigenvalue weighted by molar-refractivity contribution is 6.04. The Bertz CT molecular complexity index is 1140. The molecule has 0 radical (unpaired) electrons. The topological polar surface area (TPSA) is 78.3 Å². The van der Waals surface area contributed by atoms with Crippen LogP contribution >= 0.6 is 0 Å². The fourth-order valence-corrected chi connectivity index (χ4v) is 3.64. The summed E-state index contributed by atoms with van der Waals surface area (Å²) in [4.78, 5) is 37.9. The second-order valence-electron chi connectivity index (χ2n) is 7.20. The summed E-state index contributed by atoms with van der Waals surface area (Å²) in [7, 11) is 0. The van der Waals surface area contributed by atoms with E-state index in [1.807, 2.05) is 39.8 Å². The SMILES string of the molecule is CCCn1nc(C(=O)OCC(=O)c2c(C)cc(C)cc2C)c2ccccc2c1=O. The van der Waals surface area contributed by atoms with Crippen LogP contribution in [0.5, 0.6) is 0 Å². The Labute approximate surface area is 169 Å². The van der Waals surface area contributed by atoms with Crippen LogP contribution in [0.2, 0.25) is 0 Å². The molecule has 0 amide bonds. The van der Waals surface area contributed by atoms with Crippen molar-refractivity contribution < 1.29 is 14.3 Å². The van der Waals surface area contributed by atoms with Crippen LogP contribution in [0.1, 0.15) is 50.9 Å². The molecule has 0 N–H and O–H groups in total. The molecule has 0 bridgehead atoms. The largest absolute Gasteiger partial charge is 0.452 e. The molecular formula is C23H24N2O4. The Balaban J connectivity index is 1.90. The average Bonchev–Trinajstić information content (AvgIpc) is 2.67. The van der Waals surface area contributed by atoms with Gasteiger partial charge in [-0.25, -0.2) is 9.48 Å². The van der Waals surface area contributed by atoms with Gasteiger partial charge in [0.1, 0.15) is 0 Å². The number of ether oxygens (including phenoxy) is 1. The molecule has 3 aromatic rings. The number of carbonyl (C=O) groups excluding carboxylic acids is 2. The van der Waals surface area contributed by atoms with Crippen LogP contribution in [0.3, 0.4) is 0 Å². The molecule has 3 rings (SSSR count). The number of fused-ring (bicyclic) bond motifs is 1. The van der Waals surface area contributed by atoms with Gasteiger partial charge in [-0.3, -0.25) is 9.59 Å². The van der Waals surface area contributed by atoms with Gasteiger partial charge in [-0.15, -0.1) is 0 Å². The van der Waals surface area contributed by atoms with Crippen LogP contribution in [0.25, 0.3) is 10.8 Å². The number of ketones is 1. The highest BCUT2D eigenvalue weighted by Gasteiger charge is 2.20. The van der Waals surface area contributed by atoms with Crippen molar-refractivity contribution in [2.24, 2.45) is 0 Å². The molecule has 1 heterocycles. The van der Waals surface area contributed by atoms with E-state index >= 15 is 0 Å². The zero-order chi connectivity index (χ0) is 21.1. The molecule has 0 aliphatic rings. The first-order chi connectivity index (χ1) is 13.8. The number of nitrogens with zero attached hydrogens (tertiary/aromatic N) is 2. The Morgan fingerprint density at radius 1 is 1.03 bits per heavy atom. The number of benzene rings is 2. The molecule has 6 heteroatoms. The van der Waals surface area contributed by atoms with Crippen molar-refractivity contribution in [3.05, 3.63) is 74.7 Å². The molecule has 0 spiro atoms. The monoisotopic (exact) mass is 392 g/mol. The molecular weight excluding hydrogens is 368 g/mol. The highest BCUT2D eigenvalue weighted by Crippen LogP contribution is 2.18. The minimum Gasteiger partial charge on any atom is -0.452 e.